The van der Waals surface area contributed by atoms with Crippen molar-refractivity contribution in [2.75, 3.05) is 0 Å². The molecule has 0 N–H and O–H groups in total. The highest BCUT2D eigenvalue weighted by Crippen LogP contribution is 2.20. The monoisotopic (exact) mass is 201 g/mol. The van der Waals surface area contributed by atoms with Gasteiger partial charge in [-0.1, -0.05) is 23.2 Å². The number of halogens is 2. The summed E-state index contributed by atoms with van der Waals surface area (Å²) in [6.45, 7) is 1.92. The Labute approximate surface area is 78.9 Å². The summed E-state index contributed by atoms with van der Waals surface area (Å²) in [5.74, 6) is 0. The molecule has 0 spiro atoms. The minimum Gasteiger partial charge on any atom is -0.221 e. The van der Waals surface area contributed by atoms with Gasteiger partial charge < -0.3 is 0 Å². The van der Waals surface area contributed by atoms with E-state index in [1.807, 2.05) is 6.92 Å². The molecule has 2 aromatic heterocycles. The third-order valence-corrected chi connectivity index (χ3v) is 2.24. The summed E-state index contributed by atoms with van der Waals surface area (Å²) in [5, 5.41) is 4.75. The van der Waals surface area contributed by atoms with Gasteiger partial charge in [0.2, 0.25) is 0 Å². The Kier molecular flexibility index (Phi) is 1.70. The van der Waals surface area contributed by atoms with Crippen LogP contribution in [0, 0.1) is 6.92 Å². The van der Waals surface area contributed by atoms with Crippen LogP contribution in [0.2, 0.25) is 10.2 Å². The maximum absolute atomic E-state index is 5.74. The van der Waals surface area contributed by atoms with Crippen LogP contribution in [0.25, 0.3) is 5.65 Å². The van der Waals surface area contributed by atoms with Crippen LogP contribution in [0.5, 0.6) is 0 Å². The molecule has 0 radical (unpaired) electrons. The molecule has 2 rings (SSSR count). The van der Waals surface area contributed by atoms with Gasteiger partial charge in [0, 0.05) is 5.56 Å². The highest BCUT2D eigenvalue weighted by molar-refractivity contribution is 6.41. The summed E-state index contributed by atoms with van der Waals surface area (Å²) in [7, 11) is 0. The fraction of sp³-hybridized carbons (Fsp3) is 0.143. The molecule has 0 saturated carbocycles. The van der Waals surface area contributed by atoms with Gasteiger partial charge >= 0.3 is 0 Å². The highest BCUT2D eigenvalue weighted by Gasteiger charge is 2.05. The topological polar surface area (TPSA) is 30.2 Å². The van der Waals surface area contributed by atoms with E-state index in [4.69, 9.17) is 23.2 Å². The number of aromatic nitrogens is 3. The molecule has 0 saturated heterocycles. The largest absolute Gasteiger partial charge is 0.221 e. The number of aryl methyl sites for hydroxylation is 1. The quantitative estimate of drug-likeness (QED) is 0.613. The van der Waals surface area contributed by atoms with E-state index < -0.39 is 0 Å². The molecule has 0 aliphatic heterocycles. The Morgan fingerprint density at radius 3 is 2.92 bits per heavy atom. The lowest BCUT2D eigenvalue weighted by atomic mass is 10.4. The summed E-state index contributed by atoms with van der Waals surface area (Å²) in [6.07, 6.45) is 3.36. The molecule has 12 heavy (non-hydrogen) atoms. The van der Waals surface area contributed by atoms with Gasteiger partial charge in [0.15, 0.2) is 10.8 Å². The van der Waals surface area contributed by atoms with Crippen molar-refractivity contribution in [2.45, 2.75) is 6.92 Å². The molecule has 5 heteroatoms. The lowest BCUT2D eigenvalue weighted by molar-refractivity contribution is 0.939. The molecule has 3 nitrogen and oxygen atoms in total. The fourth-order valence-corrected chi connectivity index (χ4v) is 1.25. The van der Waals surface area contributed by atoms with E-state index in [0.717, 1.165) is 11.2 Å². The normalized spacial score (nSPS) is 10.9. The molecule has 0 unspecified atom stereocenters. The summed E-state index contributed by atoms with van der Waals surface area (Å²) < 4.78 is 1.60. The van der Waals surface area contributed by atoms with E-state index in [2.05, 4.69) is 10.1 Å². The van der Waals surface area contributed by atoms with Gasteiger partial charge in [0.05, 0.1) is 17.4 Å². The van der Waals surface area contributed by atoms with E-state index in [0.29, 0.717) is 10.2 Å². The van der Waals surface area contributed by atoms with Gasteiger partial charge in [0.1, 0.15) is 0 Å². The third-order valence-electron chi connectivity index (χ3n) is 1.58. The van der Waals surface area contributed by atoms with Gasteiger partial charge in [0.25, 0.3) is 0 Å². The van der Waals surface area contributed by atoms with Crippen LogP contribution in [0.4, 0.5) is 0 Å². The summed E-state index contributed by atoms with van der Waals surface area (Å²) >= 11 is 11.5. The molecular formula is C7H5Cl2N3. The van der Waals surface area contributed by atoms with Crippen LogP contribution in [-0.4, -0.2) is 14.6 Å². The van der Waals surface area contributed by atoms with Crippen LogP contribution < -0.4 is 0 Å². The van der Waals surface area contributed by atoms with Crippen molar-refractivity contribution in [3.05, 3.63) is 28.1 Å². The van der Waals surface area contributed by atoms with Crippen LogP contribution in [0.15, 0.2) is 12.4 Å². The van der Waals surface area contributed by atoms with Crippen LogP contribution in [0.3, 0.4) is 0 Å². The van der Waals surface area contributed by atoms with Crippen LogP contribution in [-0.2, 0) is 0 Å². The van der Waals surface area contributed by atoms with Crippen molar-refractivity contribution in [1.29, 1.82) is 0 Å². The predicted octanol–water partition coefficient (Wildman–Crippen LogP) is 2.34. The lowest BCUT2D eigenvalue weighted by Gasteiger charge is -1.96. The lowest BCUT2D eigenvalue weighted by Crippen LogP contribution is -1.90. The van der Waals surface area contributed by atoms with Crippen molar-refractivity contribution in [3.63, 3.8) is 0 Å². The summed E-state index contributed by atoms with van der Waals surface area (Å²) in [6, 6.07) is 0. The van der Waals surface area contributed by atoms with E-state index in [1.54, 1.807) is 16.9 Å². The first kappa shape index (κ1) is 7.83. The summed E-state index contributed by atoms with van der Waals surface area (Å²) in [5.41, 5.74) is 1.72. The maximum atomic E-state index is 5.74. The number of hydrogen-bond acceptors (Lipinski definition) is 2. The second kappa shape index (κ2) is 2.61. The molecule has 0 fully saturated rings. The van der Waals surface area contributed by atoms with Gasteiger partial charge in [-0.05, 0) is 6.92 Å². The maximum Gasteiger partial charge on any atom is 0.159 e. The Morgan fingerprint density at radius 1 is 1.42 bits per heavy atom. The standard InChI is InChI=1S/C7H5Cl2N3/c1-4-2-10-12-3-5(8)6(9)11-7(4)12/h2-3H,1H3. The molecule has 0 bridgehead atoms. The molecule has 2 aromatic rings. The zero-order valence-corrected chi connectivity index (χ0v) is 7.76. The van der Waals surface area contributed by atoms with Crippen molar-refractivity contribution >= 4 is 28.8 Å². The van der Waals surface area contributed by atoms with Crippen molar-refractivity contribution in [2.24, 2.45) is 0 Å². The average molecular weight is 202 g/mol. The van der Waals surface area contributed by atoms with Crippen molar-refractivity contribution in [1.82, 2.24) is 14.6 Å². The first-order valence-corrected chi connectivity index (χ1v) is 4.10. The highest BCUT2D eigenvalue weighted by atomic mass is 35.5. The van der Waals surface area contributed by atoms with E-state index in [9.17, 15) is 0 Å². The molecule has 0 atom stereocenters. The zero-order valence-electron chi connectivity index (χ0n) is 6.25. The minimum absolute atomic E-state index is 0.313. The SMILES string of the molecule is Cc1cnn2cc(Cl)c(Cl)nc12. The first-order valence-electron chi connectivity index (χ1n) is 3.34. The fourth-order valence-electron chi connectivity index (χ4n) is 0.983. The van der Waals surface area contributed by atoms with Crippen LogP contribution >= 0.6 is 23.2 Å². The van der Waals surface area contributed by atoms with Gasteiger partial charge in [-0.3, -0.25) is 0 Å². The van der Waals surface area contributed by atoms with Crippen molar-refractivity contribution in [3.8, 4) is 0 Å². The van der Waals surface area contributed by atoms with Gasteiger partial charge in [-0.25, -0.2) is 9.50 Å². The smallest absolute Gasteiger partial charge is 0.159 e. The zero-order chi connectivity index (χ0) is 8.72. The minimum atomic E-state index is 0.313. The average Bonchev–Trinajstić information content (AvgIpc) is 2.35. The Hall–Kier alpha value is -0.800. The Balaban J connectivity index is 2.87. The van der Waals surface area contributed by atoms with E-state index in [1.165, 1.54) is 0 Å². The Bertz CT molecular complexity index is 435. The Morgan fingerprint density at radius 2 is 2.17 bits per heavy atom. The number of rotatable bonds is 0. The number of fused-ring (bicyclic) bond motifs is 1. The van der Waals surface area contributed by atoms with Crippen LogP contribution in [0.1, 0.15) is 5.56 Å². The van der Waals surface area contributed by atoms with E-state index in [-0.39, 0.29) is 0 Å². The molecule has 2 heterocycles. The second-order valence-corrected chi connectivity index (χ2v) is 3.24. The number of hydrogen-bond donors (Lipinski definition) is 0. The van der Waals surface area contributed by atoms with Gasteiger partial charge in [-0.2, -0.15) is 5.10 Å². The first-order chi connectivity index (χ1) is 5.68. The molecule has 0 aromatic carbocycles. The van der Waals surface area contributed by atoms with E-state index >= 15 is 0 Å². The number of nitrogens with zero attached hydrogens (tertiary/aromatic N) is 3. The molecule has 0 aliphatic carbocycles. The molecular weight excluding hydrogens is 197 g/mol. The molecule has 0 aliphatic rings. The second-order valence-electron chi connectivity index (χ2n) is 2.48. The van der Waals surface area contributed by atoms with Gasteiger partial charge in [-0.15, -0.1) is 0 Å². The predicted molar refractivity (Wildman–Crippen MR) is 47.7 cm³/mol. The summed E-state index contributed by atoms with van der Waals surface area (Å²) in [4.78, 5) is 4.07. The molecule has 62 valence electrons. The van der Waals surface area contributed by atoms with Crippen molar-refractivity contribution < 1.29 is 0 Å². The molecule has 0 amide bonds. The third kappa shape index (κ3) is 1.06.